The molecule has 0 aromatic carbocycles. The van der Waals surface area contributed by atoms with Crippen molar-refractivity contribution in [2.45, 2.75) is 48.5 Å². The SMILES string of the molecule is CC#N.CC#N.CC#N.CC#N.CC#N.CC#N.CC#N.[Cl][Ru+].[Cl][Ru-]([Cl])([Cl])[Cl]. The molecule has 0 aromatic rings. The number of halogens is 5. The summed E-state index contributed by atoms with van der Waals surface area (Å²) >= 11 is 1.82. The third-order valence-corrected chi connectivity index (χ3v) is 0. The van der Waals surface area contributed by atoms with Gasteiger partial charge in [-0.2, -0.15) is 36.8 Å². The van der Waals surface area contributed by atoms with Gasteiger partial charge in [-0.15, -0.1) is 0 Å². The van der Waals surface area contributed by atoms with Gasteiger partial charge in [0.25, 0.3) is 0 Å². The van der Waals surface area contributed by atoms with Crippen LogP contribution in [-0.2, 0) is 28.1 Å². The fourth-order valence-electron chi connectivity index (χ4n) is 0. The van der Waals surface area contributed by atoms with Gasteiger partial charge in [-0.1, -0.05) is 0 Å². The molecule has 0 radical (unpaired) electrons. The van der Waals surface area contributed by atoms with Gasteiger partial charge in [0.1, 0.15) is 0 Å². The Balaban J connectivity index is -0.0000000210. The Morgan fingerprint density at radius 2 is 0.429 bits per heavy atom. The molecule has 0 atom stereocenters. The Kier molecular flexibility index (Phi) is 226. The number of hydrogen-bond donors (Lipinski definition) is 0. The van der Waals surface area contributed by atoms with Crippen molar-refractivity contribution in [3.63, 3.8) is 0 Å². The Morgan fingerprint density at radius 1 is 0.429 bits per heavy atom. The Morgan fingerprint density at radius 3 is 0.429 bits per heavy atom. The zero-order valence-electron chi connectivity index (χ0n) is 16.2. The van der Waals surface area contributed by atoms with E-state index in [4.69, 9.17) is 75.6 Å². The van der Waals surface area contributed by atoms with E-state index in [1.54, 1.807) is 42.5 Å². The van der Waals surface area contributed by atoms with Crippen LogP contribution in [0, 0.1) is 79.3 Å². The Hall–Kier alpha value is -0.873. The van der Waals surface area contributed by atoms with Gasteiger partial charge < -0.3 is 0 Å². The zero-order chi connectivity index (χ0) is 25.4. The van der Waals surface area contributed by atoms with Crippen molar-refractivity contribution in [1.82, 2.24) is 0 Å². The van der Waals surface area contributed by atoms with Crippen molar-refractivity contribution < 1.29 is 28.1 Å². The van der Waals surface area contributed by atoms with E-state index in [-0.39, 0.29) is 0 Å². The van der Waals surface area contributed by atoms with Crippen LogP contribution in [-0.4, -0.2) is 0 Å². The average molecular weight is 667 g/mol. The van der Waals surface area contributed by atoms with Gasteiger partial charge in [-0.25, -0.2) is 0 Å². The molecule has 14 heteroatoms. The molecule has 0 aliphatic carbocycles. The van der Waals surface area contributed by atoms with Crippen molar-refractivity contribution in [2.24, 2.45) is 0 Å². The van der Waals surface area contributed by atoms with Crippen molar-refractivity contribution in [3.8, 4) is 42.5 Å². The Labute approximate surface area is 202 Å². The maximum absolute atomic E-state index is 7.32. The minimum atomic E-state index is -2.97. The molecule has 0 N–H and O–H groups in total. The third-order valence-electron chi connectivity index (χ3n) is 0. The van der Waals surface area contributed by atoms with Crippen molar-refractivity contribution in [2.75, 3.05) is 0 Å². The molecule has 0 rings (SSSR count). The zero-order valence-corrected chi connectivity index (χ0v) is 23.5. The number of hydrogen-bond acceptors (Lipinski definition) is 7. The van der Waals surface area contributed by atoms with Crippen LogP contribution in [0.25, 0.3) is 0 Å². The van der Waals surface area contributed by atoms with E-state index in [1.165, 1.54) is 48.5 Å². The second-order valence-electron chi connectivity index (χ2n) is 1.87. The predicted octanol–water partition coefficient (Wildman–Crippen LogP) is 7.15. The second kappa shape index (κ2) is 112. The van der Waals surface area contributed by atoms with Crippen LogP contribution in [0.3, 0.4) is 0 Å². The van der Waals surface area contributed by atoms with Crippen LogP contribution in [0.5, 0.6) is 0 Å². The standard InChI is InChI=1S/7C2H3N.5ClH.2Ru/c7*1-2-3;;;;;;;/h7*1H3;5*1H;;/q;;;;;;;;;;;;+2;+3/p-5. The monoisotopic (exact) mass is 666 g/mol. The molecule has 163 valence electrons. The van der Waals surface area contributed by atoms with E-state index < -0.39 is 10.8 Å². The first-order chi connectivity index (χ1) is 12.9. The number of nitrogens with zero attached hydrogens (tertiary/aromatic N) is 7. The number of rotatable bonds is 0. The summed E-state index contributed by atoms with van der Waals surface area (Å²) in [5.41, 5.74) is 0. The van der Waals surface area contributed by atoms with Crippen LogP contribution in [0.4, 0.5) is 0 Å². The van der Waals surface area contributed by atoms with E-state index in [2.05, 4.69) is 9.69 Å². The van der Waals surface area contributed by atoms with E-state index >= 15 is 0 Å². The van der Waals surface area contributed by atoms with E-state index in [0.29, 0.717) is 0 Å². The Bertz CT molecular complexity index is 384. The third kappa shape index (κ3) is 19200. The molecule has 0 saturated heterocycles. The quantitative estimate of drug-likeness (QED) is 0.247. The summed E-state index contributed by atoms with van der Waals surface area (Å²) in [4.78, 5) is 0. The molecule has 0 unspecified atom stereocenters. The second-order valence-corrected chi connectivity index (χ2v) is 17.7. The molecule has 28 heavy (non-hydrogen) atoms. The summed E-state index contributed by atoms with van der Waals surface area (Å²) in [7, 11) is 21.6. The molecule has 0 aliphatic rings. The summed E-state index contributed by atoms with van der Waals surface area (Å²) in [5.74, 6) is 0. The summed E-state index contributed by atoms with van der Waals surface area (Å²) in [6.45, 7) is 10.0. The average Bonchev–Trinajstić information content (AvgIpc) is 2.52. The van der Waals surface area contributed by atoms with Gasteiger partial charge in [0.2, 0.25) is 0 Å². The molecule has 0 aliphatic heterocycles. The first-order valence-corrected chi connectivity index (χ1v) is 16.9. The molecule has 0 bridgehead atoms. The van der Waals surface area contributed by atoms with Crippen LogP contribution >= 0.6 is 48.5 Å². The van der Waals surface area contributed by atoms with Gasteiger partial charge in [-0.3, -0.25) is 0 Å². The molecule has 7 nitrogen and oxygen atoms in total. The van der Waals surface area contributed by atoms with E-state index in [1.807, 2.05) is 17.3 Å². The van der Waals surface area contributed by atoms with Crippen molar-refractivity contribution in [1.29, 1.82) is 36.8 Å². The molecular weight excluding hydrogens is 646 g/mol. The molecule has 0 amide bonds. The topological polar surface area (TPSA) is 167 Å². The fourth-order valence-corrected chi connectivity index (χ4v) is 0. The van der Waals surface area contributed by atoms with Gasteiger partial charge in [0.05, 0.1) is 42.5 Å². The minimum absolute atomic E-state index is 1.43. The van der Waals surface area contributed by atoms with Gasteiger partial charge in [0, 0.05) is 48.5 Å². The van der Waals surface area contributed by atoms with E-state index in [9.17, 15) is 0 Å². The molecule has 0 aromatic heterocycles. The molecule has 0 heterocycles. The maximum atomic E-state index is 7.32. The summed E-state index contributed by atoms with van der Waals surface area (Å²) in [5, 5.41) is 51.2. The van der Waals surface area contributed by atoms with Crippen LogP contribution in [0.2, 0.25) is 0 Å². The first kappa shape index (κ1) is 56.4. The van der Waals surface area contributed by atoms with E-state index in [0.717, 1.165) is 0 Å². The first-order valence-electron chi connectivity index (χ1n) is 5.73. The normalized spacial score (nSPS) is 4.93. The van der Waals surface area contributed by atoms with Crippen molar-refractivity contribution >= 4 is 48.5 Å². The van der Waals surface area contributed by atoms with Gasteiger partial charge >= 0.3 is 76.6 Å². The van der Waals surface area contributed by atoms with Crippen LogP contribution < -0.4 is 0 Å². The molecule has 0 fully saturated rings. The van der Waals surface area contributed by atoms with Crippen LogP contribution in [0.1, 0.15) is 48.5 Å². The number of nitriles is 7. The summed E-state index contributed by atoms with van der Waals surface area (Å²) in [6, 6.07) is 12.2. The molecule has 0 spiro atoms. The summed E-state index contributed by atoms with van der Waals surface area (Å²) in [6.07, 6.45) is 0. The van der Waals surface area contributed by atoms with Crippen LogP contribution in [0.15, 0.2) is 0 Å². The van der Waals surface area contributed by atoms with Crippen molar-refractivity contribution in [3.05, 3.63) is 0 Å². The van der Waals surface area contributed by atoms with Gasteiger partial charge in [-0.05, 0) is 0 Å². The van der Waals surface area contributed by atoms with Gasteiger partial charge in [0.15, 0.2) is 0 Å². The predicted molar refractivity (Wildman–Crippen MR) is 108 cm³/mol. The molecular formula is C14H21Cl5N7Ru2. The molecule has 0 saturated carbocycles. The summed E-state index contributed by atoms with van der Waals surface area (Å²) < 4.78 is 0. The fraction of sp³-hybridized carbons (Fsp3) is 0.500.